The van der Waals surface area contributed by atoms with Crippen LogP contribution in [0.1, 0.15) is 10.8 Å². The van der Waals surface area contributed by atoms with Gasteiger partial charge in [0, 0.05) is 49.8 Å². The average molecular weight is 446 g/mol. The van der Waals surface area contributed by atoms with Crippen LogP contribution in [-0.4, -0.2) is 59.4 Å². The van der Waals surface area contributed by atoms with Crippen molar-refractivity contribution >= 4 is 52.0 Å². The van der Waals surface area contributed by atoms with Gasteiger partial charge in [0.2, 0.25) is 5.89 Å². The fourth-order valence-electron chi connectivity index (χ4n) is 3.19. The van der Waals surface area contributed by atoms with E-state index in [1.54, 1.807) is 22.3 Å². The third kappa shape index (κ3) is 5.27. The smallest absolute Gasteiger partial charge is 0.331 e. The molecule has 1 aliphatic heterocycles. The number of esters is 1. The lowest BCUT2D eigenvalue weighted by Gasteiger charge is -2.34. The number of aromatic nitrogens is 1. The summed E-state index contributed by atoms with van der Waals surface area (Å²) >= 11 is 7.54. The number of hydrogen-bond acceptors (Lipinski definition) is 7. The van der Waals surface area contributed by atoms with Gasteiger partial charge in [-0.25, -0.2) is 9.78 Å². The molecule has 4 rings (SSSR count). The first kappa shape index (κ1) is 20.6. The van der Waals surface area contributed by atoms with Crippen molar-refractivity contribution in [3.8, 4) is 0 Å². The number of fused-ring (bicyclic) bond motifs is 1. The third-order valence-electron chi connectivity index (χ3n) is 4.74. The minimum atomic E-state index is -0.612. The van der Waals surface area contributed by atoms with Crippen molar-refractivity contribution in [2.45, 2.75) is 6.54 Å². The first-order valence-corrected chi connectivity index (χ1v) is 10.7. The molecule has 7 nitrogen and oxygen atoms in total. The predicted octanol–water partition coefficient (Wildman–Crippen LogP) is 3.44. The molecule has 0 spiro atoms. The number of ether oxygens (including phenoxy) is 1. The van der Waals surface area contributed by atoms with Gasteiger partial charge in [-0.2, -0.15) is 0 Å². The standard InChI is InChI=1S/C21H20ClN3O4S/c22-18-6-5-15(30-18)13-24-9-11-25(12-10-24)20(26)14-28-21(27)8-7-19-23-16-3-1-2-4-17(16)29-19/h1-8H,9-14H2/b8-7+. The minimum Gasteiger partial charge on any atom is -0.452 e. The molecular weight excluding hydrogens is 426 g/mol. The molecule has 30 heavy (non-hydrogen) atoms. The monoisotopic (exact) mass is 445 g/mol. The van der Waals surface area contributed by atoms with Crippen LogP contribution < -0.4 is 0 Å². The molecule has 1 aromatic carbocycles. The SMILES string of the molecule is O=C(/C=C/c1nc2ccccc2o1)OCC(=O)N1CCN(Cc2ccc(Cl)s2)CC1. The molecule has 2 aromatic heterocycles. The number of thiophene rings is 1. The number of carbonyl (C=O) groups excluding carboxylic acids is 2. The second kappa shape index (κ2) is 9.42. The maximum Gasteiger partial charge on any atom is 0.331 e. The highest BCUT2D eigenvalue weighted by Crippen LogP contribution is 2.23. The first-order valence-electron chi connectivity index (χ1n) is 9.51. The van der Waals surface area contributed by atoms with Crippen molar-refractivity contribution in [3.05, 3.63) is 57.6 Å². The van der Waals surface area contributed by atoms with Gasteiger partial charge in [-0.1, -0.05) is 23.7 Å². The zero-order chi connectivity index (χ0) is 20.9. The summed E-state index contributed by atoms with van der Waals surface area (Å²) in [6, 6.07) is 11.2. The number of halogens is 1. The number of piperazine rings is 1. The van der Waals surface area contributed by atoms with Gasteiger partial charge in [0.15, 0.2) is 12.2 Å². The molecule has 1 fully saturated rings. The summed E-state index contributed by atoms with van der Waals surface area (Å²) in [7, 11) is 0. The lowest BCUT2D eigenvalue weighted by atomic mass is 10.3. The Morgan fingerprint density at radius 2 is 1.97 bits per heavy atom. The molecule has 1 amide bonds. The van der Waals surface area contributed by atoms with E-state index in [1.165, 1.54) is 17.0 Å². The summed E-state index contributed by atoms with van der Waals surface area (Å²) < 4.78 is 11.3. The van der Waals surface area contributed by atoms with E-state index in [0.29, 0.717) is 30.1 Å². The predicted molar refractivity (Wildman–Crippen MR) is 115 cm³/mol. The third-order valence-corrected chi connectivity index (χ3v) is 5.96. The molecule has 0 atom stereocenters. The van der Waals surface area contributed by atoms with E-state index >= 15 is 0 Å². The quantitative estimate of drug-likeness (QED) is 0.427. The number of para-hydroxylation sites is 2. The Kier molecular flexibility index (Phi) is 6.47. The Bertz CT molecular complexity index is 1040. The molecule has 3 heterocycles. The summed E-state index contributed by atoms with van der Waals surface area (Å²) in [4.78, 5) is 33.7. The second-order valence-electron chi connectivity index (χ2n) is 6.82. The Labute approximate surface area is 182 Å². The second-order valence-corrected chi connectivity index (χ2v) is 8.62. The van der Waals surface area contributed by atoms with E-state index in [-0.39, 0.29) is 12.5 Å². The lowest BCUT2D eigenvalue weighted by molar-refractivity contribution is -0.149. The van der Waals surface area contributed by atoms with E-state index < -0.39 is 5.97 Å². The van der Waals surface area contributed by atoms with Gasteiger partial charge >= 0.3 is 5.97 Å². The zero-order valence-electron chi connectivity index (χ0n) is 16.1. The van der Waals surface area contributed by atoms with Crippen LogP contribution >= 0.6 is 22.9 Å². The van der Waals surface area contributed by atoms with Crippen molar-refractivity contribution < 1.29 is 18.7 Å². The molecule has 0 aliphatic carbocycles. The van der Waals surface area contributed by atoms with Crippen LogP contribution in [0.15, 0.2) is 46.9 Å². The summed E-state index contributed by atoms with van der Waals surface area (Å²) in [5, 5.41) is 0. The van der Waals surface area contributed by atoms with Gasteiger partial charge in [-0.3, -0.25) is 9.69 Å². The van der Waals surface area contributed by atoms with Gasteiger partial charge in [-0.05, 0) is 24.3 Å². The summed E-state index contributed by atoms with van der Waals surface area (Å²) in [5.74, 6) is -0.501. The minimum absolute atomic E-state index is 0.197. The van der Waals surface area contributed by atoms with Gasteiger partial charge in [0.25, 0.3) is 5.91 Å². The fraction of sp³-hybridized carbons (Fsp3) is 0.286. The van der Waals surface area contributed by atoms with Gasteiger partial charge in [0.1, 0.15) is 5.52 Å². The number of oxazole rings is 1. The summed E-state index contributed by atoms with van der Waals surface area (Å²) in [6.07, 6.45) is 2.64. The van der Waals surface area contributed by atoms with Gasteiger partial charge in [0.05, 0.1) is 4.34 Å². The molecule has 9 heteroatoms. The largest absolute Gasteiger partial charge is 0.452 e. The fourth-order valence-corrected chi connectivity index (χ4v) is 4.32. The van der Waals surface area contributed by atoms with Crippen molar-refractivity contribution in [1.82, 2.24) is 14.8 Å². The van der Waals surface area contributed by atoms with Crippen molar-refractivity contribution in [2.24, 2.45) is 0 Å². The number of carbonyl (C=O) groups is 2. The maximum atomic E-state index is 12.3. The number of benzene rings is 1. The molecule has 1 saturated heterocycles. The molecule has 3 aromatic rings. The molecule has 0 N–H and O–H groups in total. The highest BCUT2D eigenvalue weighted by Gasteiger charge is 2.22. The van der Waals surface area contributed by atoms with Crippen LogP contribution in [0.5, 0.6) is 0 Å². The Morgan fingerprint density at radius 3 is 2.70 bits per heavy atom. The van der Waals surface area contributed by atoms with Crippen LogP contribution in [0.3, 0.4) is 0 Å². The van der Waals surface area contributed by atoms with Crippen molar-refractivity contribution in [1.29, 1.82) is 0 Å². The van der Waals surface area contributed by atoms with Crippen LogP contribution in [0.4, 0.5) is 0 Å². The molecule has 156 valence electrons. The first-order chi connectivity index (χ1) is 14.6. The topological polar surface area (TPSA) is 75.9 Å². The normalized spacial score (nSPS) is 15.2. The summed E-state index contributed by atoms with van der Waals surface area (Å²) in [6.45, 7) is 3.30. The summed E-state index contributed by atoms with van der Waals surface area (Å²) in [5.41, 5.74) is 1.35. The molecule has 1 aliphatic rings. The number of hydrogen-bond donors (Lipinski definition) is 0. The van der Waals surface area contributed by atoms with E-state index in [2.05, 4.69) is 9.88 Å². The molecule has 0 saturated carbocycles. The highest BCUT2D eigenvalue weighted by atomic mass is 35.5. The molecular formula is C21H20ClN3O4S. The van der Waals surface area contributed by atoms with Crippen molar-refractivity contribution in [2.75, 3.05) is 32.8 Å². The zero-order valence-corrected chi connectivity index (χ0v) is 17.7. The van der Waals surface area contributed by atoms with Crippen LogP contribution in [0.2, 0.25) is 4.34 Å². The lowest BCUT2D eigenvalue weighted by Crippen LogP contribution is -2.49. The van der Waals surface area contributed by atoms with Gasteiger partial charge in [-0.15, -0.1) is 11.3 Å². The van der Waals surface area contributed by atoms with Crippen molar-refractivity contribution in [3.63, 3.8) is 0 Å². The van der Waals surface area contributed by atoms with Crippen LogP contribution in [0, 0.1) is 0 Å². The van der Waals surface area contributed by atoms with E-state index in [0.717, 1.165) is 24.0 Å². The molecule has 0 unspecified atom stereocenters. The Morgan fingerprint density at radius 1 is 1.17 bits per heavy atom. The molecule has 0 radical (unpaired) electrons. The van der Waals surface area contributed by atoms with E-state index in [9.17, 15) is 9.59 Å². The van der Waals surface area contributed by atoms with Crippen LogP contribution in [-0.2, 0) is 20.9 Å². The highest BCUT2D eigenvalue weighted by molar-refractivity contribution is 7.16. The molecule has 0 bridgehead atoms. The number of nitrogens with zero attached hydrogens (tertiary/aromatic N) is 3. The Hall–Kier alpha value is -2.68. The Balaban J connectivity index is 1.20. The van der Waals surface area contributed by atoms with E-state index in [4.69, 9.17) is 20.8 Å². The van der Waals surface area contributed by atoms with Crippen LogP contribution in [0.25, 0.3) is 17.2 Å². The number of amides is 1. The average Bonchev–Trinajstić information content (AvgIpc) is 3.36. The maximum absolute atomic E-state index is 12.3. The van der Waals surface area contributed by atoms with E-state index in [1.807, 2.05) is 30.3 Å². The number of rotatable bonds is 6. The van der Waals surface area contributed by atoms with Gasteiger partial charge < -0.3 is 14.1 Å².